The molecule has 2 aromatic rings. The number of ether oxygens (including phenoxy) is 1. The third-order valence-corrected chi connectivity index (χ3v) is 2.96. The zero-order valence-corrected chi connectivity index (χ0v) is 11.6. The maximum Gasteiger partial charge on any atom is 0.259 e. The normalized spacial score (nSPS) is 11.2. The number of benzene rings is 1. The van der Waals surface area contributed by atoms with E-state index in [0.29, 0.717) is 28.3 Å². The molecule has 7 nitrogen and oxygen atoms in total. The van der Waals surface area contributed by atoms with Gasteiger partial charge in [0.05, 0.1) is 24.6 Å². The summed E-state index contributed by atoms with van der Waals surface area (Å²) in [6.07, 6.45) is 1.45. The van der Waals surface area contributed by atoms with E-state index in [9.17, 15) is 4.79 Å². The molecular weight excluding hydrogens is 274 g/mol. The number of hydrogen-bond acceptors (Lipinski definition) is 5. The molecule has 110 valence electrons. The quantitative estimate of drug-likeness (QED) is 0.345. The molecule has 0 aliphatic carbocycles. The number of nitrogens with two attached hydrogens (primary N) is 1. The Labute approximate surface area is 121 Å². The first-order valence-electron chi connectivity index (χ1n) is 6.08. The van der Waals surface area contributed by atoms with Crippen molar-refractivity contribution in [3.05, 3.63) is 47.4 Å². The van der Waals surface area contributed by atoms with E-state index in [1.807, 2.05) is 0 Å². The zero-order chi connectivity index (χ0) is 15.4. The van der Waals surface area contributed by atoms with Crippen LogP contribution in [0.15, 0.2) is 40.1 Å². The molecule has 21 heavy (non-hydrogen) atoms. The number of nitrogens with one attached hydrogen (secondary N) is 1. The van der Waals surface area contributed by atoms with Crippen LogP contribution < -0.4 is 15.8 Å². The van der Waals surface area contributed by atoms with Crippen LogP contribution in [0.1, 0.15) is 21.7 Å². The number of rotatable bonds is 4. The van der Waals surface area contributed by atoms with Crippen molar-refractivity contribution in [2.24, 2.45) is 10.9 Å². The van der Waals surface area contributed by atoms with E-state index in [-0.39, 0.29) is 11.7 Å². The monoisotopic (exact) mass is 289 g/mol. The molecule has 0 saturated carbocycles. The number of carbonyl (C=O) groups excluding carboxylic acids is 1. The predicted octanol–water partition coefficient (Wildman–Crippen LogP) is 1.94. The van der Waals surface area contributed by atoms with Crippen LogP contribution in [0.25, 0.3) is 0 Å². The highest BCUT2D eigenvalue weighted by Gasteiger charge is 2.14. The zero-order valence-electron chi connectivity index (χ0n) is 11.6. The van der Waals surface area contributed by atoms with Gasteiger partial charge >= 0.3 is 0 Å². The van der Waals surface area contributed by atoms with Crippen LogP contribution >= 0.6 is 0 Å². The van der Waals surface area contributed by atoms with Gasteiger partial charge in [-0.25, -0.2) is 0 Å². The standard InChI is InChI=1S/C14H15N3O4/c1-8-10(5-6-21-8)14(18)16-11-4-3-9(13(15)17-19)7-12(11)20-2/h3-7,19H,1-2H3,(H2,15,17)(H,16,18). The van der Waals surface area contributed by atoms with Gasteiger partial charge in [0.25, 0.3) is 5.91 Å². The highest BCUT2D eigenvalue weighted by Crippen LogP contribution is 2.26. The van der Waals surface area contributed by atoms with E-state index in [4.69, 9.17) is 20.1 Å². The summed E-state index contributed by atoms with van der Waals surface area (Å²) in [5, 5.41) is 14.3. The Balaban J connectivity index is 2.28. The fourth-order valence-corrected chi connectivity index (χ4v) is 1.82. The van der Waals surface area contributed by atoms with E-state index in [1.165, 1.54) is 13.4 Å². The van der Waals surface area contributed by atoms with E-state index >= 15 is 0 Å². The number of furan rings is 1. The smallest absolute Gasteiger partial charge is 0.259 e. The average Bonchev–Trinajstić information content (AvgIpc) is 2.93. The summed E-state index contributed by atoms with van der Waals surface area (Å²) >= 11 is 0. The number of anilines is 1. The van der Waals surface area contributed by atoms with Crippen molar-refractivity contribution >= 4 is 17.4 Å². The highest BCUT2D eigenvalue weighted by atomic mass is 16.5. The maximum absolute atomic E-state index is 12.1. The van der Waals surface area contributed by atoms with Crippen LogP contribution in [-0.2, 0) is 0 Å². The van der Waals surface area contributed by atoms with Gasteiger partial charge < -0.3 is 25.4 Å². The predicted molar refractivity (Wildman–Crippen MR) is 76.9 cm³/mol. The van der Waals surface area contributed by atoms with Gasteiger partial charge in [0, 0.05) is 5.56 Å². The number of nitrogens with zero attached hydrogens (tertiary/aromatic N) is 1. The van der Waals surface area contributed by atoms with Crippen molar-refractivity contribution < 1.29 is 19.2 Å². The van der Waals surface area contributed by atoms with E-state index < -0.39 is 0 Å². The van der Waals surface area contributed by atoms with Gasteiger partial charge in [-0.15, -0.1) is 0 Å². The van der Waals surface area contributed by atoms with Crippen molar-refractivity contribution in [1.82, 2.24) is 0 Å². The van der Waals surface area contributed by atoms with Crippen molar-refractivity contribution in [3.8, 4) is 5.75 Å². The van der Waals surface area contributed by atoms with Crippen LogP contribution in [0.4, 0.5) is 5.69 Å². The minimum absolute atomic E-state index is 0.0446. The number of amidine groups is 1. The first kappa shape index (κ1) is 14.4. The van der Waals surface area contributed by atoms with Crippen LogP contribution in [0.5, 0.6) is 5.75 Å². The SMILES string of the molecule is COc1cc(/C(N)=N/O)ccc1NC(=O)c1ccoc1C. The molecule has 1 aromatic carbocycles. The highest BCUT2D eigenvalue weighted by molar-refractivity contribution is 6.06. The summed E-state index contributed by atoms with van der Waals surface area (Å²) in [5.41, 5.74) is 6.90. The second-order valence-corrected chi connectivity index (χ2v) is 4.24. The van der Waals surface area contributed by atoms with Gasteiger partial charge in [0.15, 0.2) is 5.84 Å². The lowest BCUT2D eigenvalue weighted by Gasteiger charge is -2.11. The molecule has 0 bridgehead atoms. The molecule has 7 heteroatoms. The molecule has 0 aliphatic rings. The molecule has 0 radical (unpaired) electrons. The van der Waals surface area contributed by atoms with Crippen molar-refractivity contribution in [1.29, 1.82) is 0 Å². The Morgan fingerprint density at radius 1 is 1.43 bits per heavy atom. The molecule has 0 fully saturated rings. The summed E-state index contributed by atoms with van der Waals surface area (Å²) in [6, 6.07) is 6.36. The van der Waals surface area contributed by atoms with Crippen LogP contribution in [0.2, 0.25) is 0 Å². The molecule has 0 aliphatic heterocycles. The molecule has 0 atom stereocenters. The molecule has 2 rings (SSSR count). The Hall–Kier alpha value is -2.96. The molecule has 0 unspecified atom stereocenters. The van der Waals surface area contributed by atoms with E-state index in [1.54, 1.807) is 31.2 Å². The Bertz CT molecular complexity index is 691. The van der Waals surface area contributed by atoms with Gasteiger partial charge in [-0.1, -0.05) is 5.16 Å². The fraction of sp³-hybridized carbons (Fsp3) is 0.143. The number of methoxy groups -OCH3 is 1. The largest absolute Gasteiger partial charge is 0.495 e. The van der Waals surface area contributed by atoms with Gasteiger partial charge in [-0.2, -0.15) is 0 Å². The minimum atomic E-state index is -0.309. The molecule has 4 N–H and O–H groups in total. The lowest BCUT2D eigenvalue weighted by atomic mass is 10.1. The fourth-order valence-electron chi connectivity index (χ4n) is 1.82. The summed E-state index contributed by atoms with van der Waals surface area (Å²) in [6.45, 7) is 1.70. The molecular formula is C14H15N3O4. The summed E-state index contributed by atoms with van der Waals surface area (Å²) in [5.74, 6) is 0.571. The Morgan fingerprint density at radius 2 is 2.19 bits per heavy atom. The first-order chi connectivity index (χ1) is 10.1. The van der Waals surface area contributed by atoms with Gasteiger partial charge in [-0.05, 0) is 31.2 Å². The topological polar surface area (TPSA) is 110 Å². The third kappa shape index (κ3) is 2.97. The Kier molecular flexibility index (Phi) is 4.13. The average molecular weight is 289 g/mol. The van der Waals surface area contributed by atoms with Crippen molar-refractivity contribution in [2.75, 3.05) is 12.4 Å². The van der Waals surface area contributed by atoms with Crippen molar-refractivity contribution in [3.63, 3.8) is 0 Å². The summed E-state index contributed by atoms with van der Waals surface area (Å²) in [7, 11) is 1.46. The number of oxime groups is 1. The molecule has 0 saturated heterocycles. The number of amides is 1. The second-order valence-electron chi connectivity index (χ2n) is 4.24. The molecule has 1 heterocycles. The lowest BCUT2D eigenvalue weighted by Crippen LogP contribution is -2.15. The number of hydrogen-bond donors (Lipinski definition) is 3. The van der Waals surface area contributed by atoms with E-state index in [2.05, 4.69) is 10.5 Å². The van der Waals surface area contributed by atoms with Crippen molar-refractivity contribution in [2.45, 2.75) is 6.92 Å². The second kappa shape index (κ2) is 6.00. The summed E-state index contributed by atoms with van der Waals surface area (Å²) < 4.78 is 10.3. The number of carbonyl (C=O) groups is 1. The maximum atomic E-state index is 12.1. The van der Waals surface area contributed by atoms with E-state index in [0.717, 1.165) is 0 Å². The van der Waals surface area contributed by atoms with Gasteiger partial charge in [-0.3, -0.25) is 4.79 Å². The van der Waals surface area contributed by atoms with Gasteiger partial charge in [0.1, 0.15) is 11.5 Å². The minimum Gasteiger partial charge on any atom is -0.495 e. The third-order valence-electron chi connectivity index (χ3n) is 2.96. The van der Waals surface area contributed by atoms with Crippen LogP contribution in [0.3, 0.4) is 0 Å². The van der Waals surface area contributed by atoms with Crippen LogP contribution in [-0.4, -0.2) is 24.1 Å². The summed E-state index contributed by atoms with van der Waals surface area (Å²) in [4.78, 5) is 12.1. The Morgan fingerprint density at radius 3 is 2.76 bits per heavy atom. The molecule has 1 amide bonds. The molecule has 0 spiro atoms. The number of aryl methyl sites for hydroxylation is 1. The lowest BCUT2D eigenvalue weighted by molar-refractivity contribution is 0.102. The van der Waals surface area contributed by atoms with Gasteiger partial charge in [0.2, 0.25) is 0 Å². The molecule has 1 aromatic heterocycles. The van der Waals surface area contributed by atoms with Crippen LogP contribution in [0, 0.1) is 6.92 Å². The first-order valence-corrected chi connectivity index (χ1v) is 6.08.